The number of Topliss-reactive ketones (excluding diaryl/α,β-unsaturated/α-hetero) is 2. The Kier molecular flexibility index (Phi) is 5.79. The van der Waals surface area contributed by atoms with E-state index in [1.54, 1.807) is 6.08 Å². The number of allylic oxidation sites excluding steroid dienone is 4. The number of rotatable bonds is 5. The molecule has 4 rings (SSSR count). The van der Waals surface area contributed by atoms with Gasteiger partial charge in [-0.15, -0.1) is 0 Å². The molecule has 0 bridgehead atoms. The van der Waals surface area contributed by atoms with Crippen LogP contribution in [-0.2, 0) is 19.2 Å². The number of amides is 1. The minimum Gasteiger partial charge on any atom is -0.349 e. The smallest absolute Gasteiger partial charge is 0.287 e. The molecule has 174 valence electrons. The maximum absolute atomic E-state index is 15.4. The second kappa shape index (κ2) is 8.03. The minimum absolute atomic E-state index is 0.0137. The van der Waals surface area contributed by atoms with Crippen LogP contribution in [0.25, 0.3) is 0 Å². The molecule has 0 aromatic carbocycles. The lowest BCUT2D eigenvalue weighted by Crippen LogP contribution is -2.57. The number of alkyl halides is 1. The Morgan fingerprint density at radius 3 is 2.62 bits per heavy atom. The first kappa shape index (κ1) is 23.1. The van der Waals surface area contributed by atoms with E-state index in [1.807, 2.05) is 27.7 Å². The summed E-state index contributed by atoms with van der Waals surface area (Å²) >= 11 is 0. The summed E-state index contributed by atoms with van der Waals surface area (Å²) < 4.78 is 15.4. The molecule has 0 saturated heterocycles. The SMILES string of the molecule is CCCCNC(=O)C(=O)[C@H]1C(C)C[C@H]2[C@@H]3CC(F)C4=CC(=O)C=C[C@]4(C)[C@H]3C(=O)C[C@]12C. The Morgan fingerprint density at radius 1 is 1.22 bits per heavy atom. The lowest BCUT2D eigenvalue weighted by atomic mass is 9.47. The molecule has 4 aliphatic carbocycles. The van der Waals surface area contributed by atoms with Crippen LogP contribution in [0.5, 0.6) is 0 Å². The summed E-state index contributed by atoms with van der Waals surface area (Å²) in [7, 11) is 0. The first-order chi connectivity index (χ1) is 15.0. The summed E-state index contributed by atoms with van der Waals surface area (Å²) in [4.78, 5) is 51.3. The molecular weight excluding hydrogens is 409 g/mol. The first-order valence-electron chi connectivity index (χ1n) is 12.0. The second-order valence-electron chi connectivity index (χ2n) is 10.9. The van der Waals surface area contributed by atoms with E-state index in [4.69, 9.17) is 0 Å². The van der Waals surface area contributed by atoms with Crippen molar-refractivity contribution in [2.24, 2.45) is 40.4 Å². The minimum atomic E-state index is -1.28. The monoisotopic (exact) mass is 443 g/mol. The molecule has 6 heteroatoms. The summed E-state index contributed by atoms with van der Waals surface area (Å²) in [6.45, 7) is 8.29. The fraction of sp³-hybridized carbons (Fsp3) is 0.692. The third kappa shape index (κ3) is 3.32. The van der Waals surface area contributed by atoms with E-state index < -0.39 is 40.5 Å². The van der Waals surface area contributed by atoms with E-state index in [2.05, 4.69) is 5.32 Å². The van der Waals surface area contributed by atoms with Crippen LogP contribution in [0.2, 0.25) is 0 Å². The van der Waals surface area contributed by atoms with Gasteiger partial charge in [0.2, 0.25) is 5.78 Å². The number of fused-ring (bicyclic) bond motifs is 5. The van der Waals surface area contributed by atoms with Crippen molar-refractivity contribution in [3.05, 3.63) is 23.8 Å². The number of carbonyl (C=O) groups is 4. The normalized spacial score (nSPS) is 42.6. The third-order valence-electron chi connectivity index (χ3n) is 8.90. The Labute approximate surface area is 189 Å². The Morgan fingerprint density at radius 2 is 1.94 bits per heavy atom. The van der Waals surface area contributed by atoms with Gasteiger partial charge in [-0.1, -0.05) is 40.2 Å². The van der Waals surface area contributed by atoms with Crippen LogP contribution in [0.4, 0.5) is 4.39 Å². The van der Waals surface area contributed by atoms with Gasteiger partial charge in [-0.2, -0.15) is 0 Å². The van der Waals surface area contributed by atoms with Crippen LogP contribution in [0.1, 0.15) is 59.8 Å². The number of nitrogens with one attached hydrogen (secondary N) is 1. The molecule has 4 aliphatic rings. The van der Waals surface area contributed by atoms with E-state index in [1.165, 1.54) is 12.2 Å². The van der Waals surface area contributed by atoms with Crippen molar-refractivity contribution in [3.63, 3.8) is 0 Å². The van der Waals surface area contributed by atoms with Crippen molar-refractivity contribution in [1.82, 2.24) is 5.32 Å². The van der Waals surface area contributed by atoms with Gasteiger partial charge in [-0.25, -0.2) is 4.39 Å². The fourth-order valence-electron chi connectivity index (χ4n) is 7.58. The van der Waals surface area contributed by atoms with E-state index in [0.29, 0.717) is 18.5 Å². The van der Waals surface area contributed by atoms with Crippen LogP contribution < -0.4 is 5.32 Å². The molecule has 0 heterocycles. The highest BCUT2D eigenvalue weighted by Crippen LogP contribution is 2.66. The van der Waals surface area contributed by atoms with Gasteiger partial charge in [-0.3, -0.25) is 19.2 Å². The van der Waals surface area contributed by atoms with Gasteiger partial charge < -0.3 is 5.32 Å². The highest BCUT2D eigenvalue weighted by atomic mass is 19.1. The van der Waals surface area contributed by atoms with Gasteiger partial charge in [0, 0.05) is 30.2 Å². The van der Waals surface area contributed by atoms with Crippen molar-refractivity contribution in [2.45, 2.75) is 66.0 Å². The van der Waals surface area contributed by atoms with Gasteiger partial charge in [0.15, 0.2) is 5.78 Å². The zero-order valence-corrected chi connectivity index (χ0v) is 19.4. The van der Waals surface area contributed by atoms with Gasteiger partial charge in [0.05, 0.1) is 0 Å². The van der Waals surface area contributed by atoms with Crippen molar-refractivity contribution in [2.75, 3.05) is 6.54 Å². The summed E-state index contributed by atoms with van der Waals surface area (Å²) in [5.41, 5.74) is -1.04. The van der Waals surface area contributed by atoms with E-state index in [0.717, 1.165) is 12.8 Å². The van der Waals surface area contributed by atoms with Crippen molar-refractivity contribution >= 4 is 23.3 Å². The summed E-state index contributed by atoms with van der Waals surface area (Å²) in [6, 6.07) is 0. The molecule has 2 unspecified atom stereocenters. The standard InChI is InChI=1S/C26H34FNO4/c1-5-6-9-28-24(32)23(31)21-14(2)10-17-16-12-19(27)18-11-15(29)7-8-25(18,3)22(16)20(30)13-26(17,21)4/h7-8,11,14,16-17,19,21-22H,5-6,9-10,12-13H2,1-4H3,(H,28,32)/t14?,16-,17-,19?,21+,22+,25-,26-/m0/s1. The summed E-state index contributed by atoms with van der Waals surface area (Å²) in [5, 5.41) is 2.73. The maximum atomic E-state index is 15.4. The molecule has 0 aliphatic heterocycles. The molecule has 32 heavy (non-hydrogen) atoms. The fourth-order valence-corrected chi connectivity index (χ4v) is 7.58. The van der Waals surface area contributed by atoms with Crippen LogP contribution in [-0.4, -0.2) is 36.0 Å². The highest BCUT2D eigenvalue weighted by molar-refractivity contribution is 6.37. The quantitative estimate of drug-likeness (QED) is 0.518. The van der Waals surface area contributed by atoms with Crippen LogP contribution in [0.3, 0.4) is 0 Å². The van der Waals surface area contributed by atoms with Crippen molar-refractivity contribution < 1.29 is 23.6 Å². The van der Waals surface area contributed by atoms with E-state index in [9.17, 15) is 19.2 Å². The van der Waals surface area contributed by atoms with Gasteiger partial charge in [0.1, 0.15) is 12.0 Å². The van der Waals surface area contributed by atoms with Gasteiger partial charge >= 0.3 is 0 Å². The van der Waals surface area contributed by atoms with Gasteiger partial charge in [-0.05, 0) is 60.2 Å². The molecule has 5 nitrogen and oxygen atoms in total. The van der Waals surface area contributed by atoms with Crippen LogP contribution >= 0.6 is 0 Å². The molecule has 3 saturated carbocycles. The van der Waals surface area contributed by atoms with Crippen LogP contribution in [0, 0.1) is 40.4 Å². The second-order valence-corrected chi connectivity index (χ2v) is 10.9. The Hall–Kier alpha value is -2.11. The average Bonchev–Trinajstić information content (AvgIpc) is 2.98. The van der Waals surface area contributed by atoms with E-state index >= 15 is 4.39 Å². The molecule has 0 aromatic rings. The number of unbranched alkanes of at least 4 members (excludes halogenated alkanes) is 1. The van der Waals surface area contributed by atoms with Crippen LogP contribution in [0.15, 0.2) is 23.8 Å². The van der Waals surface area contributed by atoms with Gasteiger partial charge in [0.25, 0.3) is 5.91 Å². The predicted octanol–water partition coefficient (Wildman–Crippen LogP) is 3.77. The number of carbonyl (C=O) groups excluding carboxylic acids is 4. The molecule has 1 N–H and O–H groups in total. The third-order valence-corrected chi connectivity index (χ3v) is 8.90. The molecule has 0 spiro atoms. The first-order valence-corrected chi connectivity index (χ1v) is 12.0. The van der Waals surface area contributed by atoms with Crippen molar-refractivity contribution in [3.8, 4) is 0 Å². The predicted molar refractivity (Wildman–Crippen MR) is 118 cm³/mol. The molecule has 0 radical (unpaired) electrons. The van der Waals surface area contributed by atoms with Crippen molar-refractivity contribution in [1.29, 1.82) is 0 Å². The molecular formula is C26H34FNO4. The van der Waals surface area contributed by atoms with E-state index in [-0.39, 0.29) is 42.2 Å². The Balaban J connectivity index is 1.66. The number of hydrogen-bond acceptors (Lipinski definition) is 4. The molecule has 1 amide bonds. The maximum Gasteiger partial charge on any atom is 0.287 e. The molecule has 3 fully saturated rings. The Bertz CT molecular complexity index is 923. The topological polar surface area (TPSA) is 80.3 Å². The number of hydrogen-bond donors (Lipinski definition) is 1. The lowest BCUT2D eigenvalue weighted by molar-refractivity contribution is -0.151. The molecule has 8 atom stereocenters. The lowest BCUT2D eigenvalue weighted by Gasteiger charge is -2.56. The highest BCUT2D eigenvalue weighted by Gasteiger charge is 2.66. The zero-order valence-electron chi connectivity index (χ0n) is 19.4. The number of ketones is 3. The number of halogens is 1. The largest absolute Gasteiger partial charge is 0.349 e. The summed E-state index contributed by atoms with van der Waals surface area (Å²) in [6.07, 6.45) is 6.09. The zero-order chi connectivity index (χ0) is 23.4. The molecule has 0 aromatic heterocycles. The average molecular weight is 444 g/mol. The summed E-state index contributed by atoms with van der Waals surface area (Å²) in [5.74, 6) is -2.43.